The first-order chi connectivity index (χ1) is 10.9. The van der Waals surface area contributed by atoms with Crippen molar-refractivity contribution in [2.24, 2.45) is 0 Å². The van der Waals surface area contributed by atoms with Crippen molar-refractivity contribution in [3.63, 3.8) is 0 Å². The van der Waals surface area contributed by atoms with Crippen LogP contribution in [-0.4, -0.2) is 22.2 Å². The average molecular weight is 324 g/mol. The zero-order valence-electron chi connectivity index (χ0n) is 12.2. The maximum absolute atomic E-state index is 12.7. The van der Waals surface area contributed by atoms with Gasteiger partial charge in [-0.15, -0.1) is 0 Å². The normalized spacial score (nSPS) is 14.4. The number of carbonyl (C=O) groups is 1. The number of benzene rings is 1. The van der Waals surface area contributed by atoms with Crippen molar-refractivity contribution in [2.75, 3.05) is 6.54 Å². The number of halogens is 3. The largest absolute Gasteiger partial charge is 0.416 e. The summed E-state index contributed by atoms with van der Waals surface area (Å²) < 4.78 is 39.9. The maximum atomic E-state index is 12.7. The number of rotatable bonds is 3. The van der Waals surface area contributed by atoms with Crippen LogP contribution in [0.2, 0.25) is 0 Å². The summed E-state index contributed by atoms with van der Waals surface area (Å²) in [6, 6.07) is 6.23. The molecule has 3 rings (SSSR count). The third-order valence-corrected chi connectivity index (χ3v) is 3.60. The van der Waals surface area contributed by atoms with Crippen molar-refractivity contribution in [2.45, 2.75) is 25.8 Å². The van der Waals surface area contributed by atoms with Crippen molar-refractivity contribution in [3.05, 3.63) is 52.8 Å². The van der Waals surface area contributed by atoms with E-state index in [4.69, 9.17) is 0 Å². The standard InChI is InChI=1S/C15H15F3N4O/c16-15(17,18)11-3-1-2-10(6-11)14(23)20-8-12-7-13-9-19-4-5-22(13)21-12/h1-3,6-7,19H,4-5,8-9H2,(H,20,23). The minimum absolute atomic E-state index is 0.0227. The molecule has 2 N–H and O–H groups in total. The first-order valence-electron chi connectivity index (χ1n) is 7.15. The summed E-state index contributed by atoms with van der Waals surface area (Å²) in [5, 5.41) is 10.2. The van der Waals surface area contributed by atoms with Crippen LogP contribution in [0.5, 0.6) is 0 Å². The van der Waals surface area contributed by atoms with E-state index in [-0.39, 0.29) is 12.1 Å². The number of aromatic nitrogens is 2. The lowest BCUT2D eigenvalue weighted by molar-refractivity contribution is -0.137. The van der Waals surface area contributed by atoms with Gasteiger partial charge in [-0.25, -0.2) is 0 Å². The smallest absolute Gasteiger partial charge is 0.346 e. The summed E-state index contributed by atoms with van der Waals surface area (Å²) in [6.45, 7) is 2.49. The van der Waals surface area contributed by atoms with Gasteiger partial charge in [0.15, 0.2) is 0 Å². The van der Waals surface area contributed by atoms with Gasteiger partial charge in [0, 0.05) is 18.7 Å². The van der Waals surface area contributed by atoms with Gasteiger partial charge in [0.05, 0.1) is 30.0 Å². The summed E-state index contributed by atoms with van der Waals surface area (Å²) in [5.74, 6) is -0.555. The summed E-state index contributed by atoms with van der Waals surface area (Å²) in [5.41, 5.74) is 0.850. The second-order valence-corrected chi connectivity index (χ2v) is 5.29. The SMILES string of the molecule is O=C(NCc1cc2n(n1)CCNC2)c1cccc(C(F)(F)F)c1. The van der Waals surface area contributed by atoms with Crippen molar-refractivity contribution >= 4 is 5.91 Å². The minimum atomic E-state index is -4.47. The van der Waals surface area contributed by atoms with Crippen LogP contribution in [0, 0.1) is 0 Å². The molecular weight excluding hydrogens is 309 g/mol. The van der Waals surface area contributed by atoms with Crippen LogP contribution in [0.1, 0.15) is 27.3 Å². The first-order valence-corrected chi connectivity index (χ1v) is 7.15. The van der Waals surface area contributed by atoms with Crippen LogP contribution in [0.4, 0.5) is 13.2 Å². The van der Waals surface area contributed by atoms with E-state index >= 15 is 0 Å². The molecule has 1 aliphatic rings. The molecule has 0 radical (unpaired) electrons. The molecule has 23 heavy (non-hydrogen) atoms. The van der Waals surface area contributed by atoms with E-state index in [1.165, 1.54) is 12.1 Å². The predicted octanol–water partition coefficient (Wildman–Crippen LogP) is 1.94. The summed E-state index contributed by atoms with van der Waals surface area (Å²) in [7, 11) is 0. The Kier molecular flexibility index (Phi) is 4.08. The highest BCUT2D eigenvalue weighted by atomic mass is 19.4. The van der Waals surface area contributed by atoms with Crippen LogP contribution in [0.25, 0.3) is 0 Å². The number of hydrogen-bond acceptors (Lipinski definition) is 3. The van der Waals surface area contributed by atoms with E-state index in [0.717, 1.165) is 30.9 Å². The molecule has 0 spiro atoms. The summed E-state index contributed by atoms with van der Waals surface area (Å²) in [6.07, 6.45) is -4.47. The molecule has 122 valence electrons. The number of fused-ring (bicyclic) bond motifs is 1. The highest BCUT2D eigenvalue weighted by Gasteiger charge is 2.30. The molecule has 2 heterocycles. The van der Waals surface area contributed by atoms with Crippen LogP contribution in [0.15, 0.2) is 30.3 Å². The molecular formula is C15H15F3N4O. The van der Waals surface area contributed by atoms with Gasteiger partial charge in [0.25, 0.3) is 5.91 Å². The highest BCUT2D eigenvalue weighted by molar-refractivity contribution is 5.94. The summed E-state index contributed by atoms with van der Waals surface area (Å²) in [4.78, 5) is 12.0. The minimum Gasteiger partial charge on any atom is -0.346 e. The number of amides is 1. The molecule has 0 saturated carbocycles. The number of nitrogens with zero attached hydrogens (tertiary/aromatic N) is 2. The molecule has 0 fully saturated rings. The van der Waals surface area contributed by atoms with Gasteiger partial charge in [-0.2, -0.15) is 18.3 Å². The molecule has 1 amide bonds. The molecule has 1 aromatic heterocycles. The lowest BCUT2D eigenvalue weighted by Crippen LogP contribution is -2.28. The topological polar surface area (TPSA) is 59.0 Å². The second-order valence-electron chi connectivity index (χ2n) is 5.29. The van der Waals surface area contributed by atoms with E-state index in [9.17, 15) is 18.0 Å². The zero-order chi connectivity index (χ0) is 16.4. The predicted molar refractivity (Wildman–Crippen MR) is 76.5 cm³/mol. The second kappa shape index (κ2) is 6.04. The highest BCUT2D eigenvalue weighted by Crippen LogP contribution is 2.29. The van der Waals surface area contributed by atoms with E-state index < -0.39 is 17.6 Å². The van der Waals surface area contributed by atoms with Gasteiger partial charge in [0.1, 0.15) is 0 Å². The van der Waals surface area contributed by atoms with E-state index in [2.05, 4.69) is 15.7 Å². The maximum Gasteiger partial charge on any atom is 0.416 e. The molecule has 1 aromatic carbocycles. The molecule has 1 aliphatic heterocycles. The van der Waals surface area contributed by atoms with Crippen LogP contribution in [-0.2, 0) is 25.8 Å². The zero-order valence-corrected chi connectivity index (χ0v) is 12.2. The number of nitrogens with one attached hydrogen (secondary N) is 2. The van der Waals surface area contributed by atoms with Gasteiger partial charge in [-0.05, 0) is 24.3 Å². The average Bonchev–Trinajstić information content (AvgIpc) is 2.95. The molecule has 0 bridgehead atoms. The van der Waals surface area contributed by atoms with Crippen LogP contribution < -0.4 is 10.6 Å². The molecule has 0 unspecified atom stereocenters. The Balaban J connectivity index is 1.66. The Morgan fingerprint density at radius 3 is 2.91 bits per heavy atom. The quantitative estimate of drug-likeness (QED) is 0.907. The Hall–Kier alpha value is -2.35. The molecule has 0 saturated heterocycles. The monoisotopic (exact) mass is 324 g/mol. The number of hydrogen-bond donors (Lipinski definition) is 2. The van der Waals surface area contributed by atoms with E-state index in [1.807, 2.05) is 10.7 Å². The lowest BCUT2D eigenvalue weighted by atomic mass is 10.1. The Morgan fingerprint density at radius 2 is 2.17 bits per heavy atom. The van der Waals surface area contributed by atoms with Crippen LogP contribution in [0.3, 0.4) is 0 Å². The van der Waals surface area contributed by atoms with Crippen LogP contribution >= 0.6 is 0 Å². The van der Waals surface area contributed by atoms with Gasteiger partial charge >= 0.3 is 6.18 Å². The molecule has 8 heteroatoms. The van der Waals surface area contributed by atoms with Gasteiger partial charge in [0.2, 0.25) is 0 Å². The fraction of sp³-hybridized carbons (Fsp3) is 0.333. The molecule has 0 atom stereocenters. The Bertz CT molecular complexity index is 700. The van der Waals surface area contributed by atoms with Crippen molar-refractivity contribution in [1.82, 2.24) is 20.4 Å². The van der Waals surface area contributed by atoms with Crippen molar-refractivity contribution in [3.8, 4) is 0 Å². The molecule has 2 aromatic rings. The van der Waals surface area contributed by atoms with Gasteiger partial charge < -0.3 is 10.6 Å². The lowest BCUT2D eigenvalue weighted by Gasteiger charge is -2.13. The van der Waals surface area contributed by atoms with E-state index in [1.54, 1.807) is 0 Å². The fourth-order valence-electron chi connectivity index (χ4n) is 2.45. The Labute approximate surface area is 130 Å². The van der Waals surface area contributed by atoms with Crippen molar-refractivity contribution < 1.29 is 18.0 Å². The third-order valence-electron chi connectivity index (χ3n) is 3.60. The number of carbonyl (C=O) groups excluding carboxylic acids is 1. The van der Waals surface area contributed by atoms with Gasteiger partial charge in [-0.3, -0.25) is 9.48 Å². The third kappa shape index (κ3) is 3.53. The van der Waals surface area contributed by atoms with E-state index in [0.29, 0.717) is 12.2 Å². The Morgan fingerprint density at radius 1 is 1.35 bits per heavy atom. The number of alkyl halides is 3. The van der Waals surface area contributed by atoms with Gasteiger partial charge in [-0.1, -0.05) is 6.07 Å². The van der Waals surface area contributed by atoms with Crippen molar-refractivity contribution in [1.29, 1.82) is 0 Å². The molecule has 5 nitrogen and oxygen atoms in total. The summed E-state index contributed by atoms with van der Waals surface area (Å²) >= 11 is 0. The first kappa shape index (κ1) is 15.5. The molecule has 0 aliphatic carbocycles. The fourth-order valence-corrected chi connectivity index (χ4v) is 2.45.